The SMILES string of the molecule is CC(C)[C@@H]1Cc2[nH][nH]c(=O)c2[C@H](C)O1. The summed E-state index contributed by atoms with van der Waals surface area (Å²) in [5.41, 5.74) is 1.73. The second-order valence-electron chi connectivity index (χ2n) is 4.24. The lowest BCUT2D eigenvalue weighted by molar-refractivity contribution is -0.0403. The van der Waals surface area contributed by atoms with Crippen molar-refractivity contribution >= 4 is 0 Å². The van der Waals surface area contributed by atoms with Crippen LogP contribution in [0.4, 0.5) is 0 Å². The molecule has 1 aromatic rings. The Kier molecular flexibility index (Phi) is 2.23. The quantitative estimate of drug-likeness (QED) is 0.712. The third-order valence-electron chi connectivity index (χ3n) is 2.83. The number of hydrogen-bond acceptors (Lipinski definition) is 2. The van der Waals surface area contributed by atoms with Crippen LogP contribution >= 0.6 is 0 Å². The summed E-state index contributed by atoms with van der Waals surface area (Å²) in [6.45, 7) is 6.19. The van der Waals surface area contributed by atoms with Crippen LogP contribution in [0.5, 0.6) is 0 Å². The molecule has 14 heavy (non-hydrogen) atoms. The van der Waals surface area contributed by atoms with Crippen molar-refractivity contribution in [2.24, 2.45) is 5.92 Å². The summed E-state index contributed by atoms with van der Waals surface area (Å²) in [4.78, 5) is 11.4. The summed E-state index contributed by atoms with van der Waals surface area (Å²) >= 11 is 0. The van der Waals surface area contributed by atoms with Gasteiger partial charge in [-0.1, -0.05) is 13.8 Å². The molecular weight excluding hydrogens is 180 g/mol. The van der Waals surface area contributed by atoms with E-state index in [9.17, 15) is 4.79 Å². The van der Waals surface area contributed by atoms with Crippen molar-refractivity contribution in [2.75, 3.05) is 0 Å². The second kappa shape index (κ2) is 3.28. The Morgan fingerprint density at radius 1 is 1.43 bits per heavy atom. The van der Waals surface area contributed by atoms with Gasteiger partial charge >= 0.3 is 0 Å². The fourth-order valence-electron chi connectivity index (χ4n) is 1.97. The predicted molar refractivity (Wildman–Crippen MR) is 53.2 cm³/mol. The highest BCUT2D eigenvalue weighted by Crippen LogP contribution is 2.28. The first-order valence-corrected chi connectivity index (χ1v) is 5.04. The molecule has 4 nitrogen and oxygen atoms in total. The van der Waals surface area contributed by atoms with Crippen LogP contribution in [0.15, 0.2) is 4.79 Å². The van der Waals surface area contributed by atoms with E-state index < -0.39 is 0 Å². The summed E-state index contributed by atoms with van der Waals surface area (Å²) in [6, 6.07) is 0. The molecule has 2 heterocycles. The second-order valence-corrected chi connectivity index (χ2v) is 4.24. The van der Waals surface area contributed by atoms with Crippen LogP contribution in [0.2, 0.25) is 0 Å². The van der Waals surface area contributed by atoms with Crippen molar-refractivity contribution in [3.63, 3.8) is 0 Å². The zero-order valence-corrected chi connectivity index (χ0v) is 8.76. The van der Waals surface area contributed by atoms with E-state index in [4.69, 9.17) is 4.74 Å². The van der Waals surface area contributed by atoms with Gasteiger partial charge in [-0.05, 0) is 12.8 Å². The van der Waals surface area contributed by atoms with Crippen LogP contribution in [-0.2, 0) is 11.2 Å². The van der Waals surface area contributed by atoms with Gasteiger partial charge in [0.1, 0.15) is 0 Å². The highest BCUT2D eigenvalue weighted by molar-refractivity contribution is 5.22. The van der Waals surface area contributed by atoms with E-state index in [-0.39, 0.29) is 17.8 Å². The molecule has 1 aliphatic rings. The van der Waals surface area contributed by atoms with Crippen molar-refractivity contribution in [1.29, 1.82) is 0 Å². The molecule has 1 aliphatic heterocycles. The van der Waals surface area contributed by atoms with Gasteiger partial charge < -0.3 is 9.84 Å². The third kappa shape index (κ3) is 1.39. The van der Waals surface area contributed by atoms with Crippen LogP contribution in [0.3, 0.4) is 0 Å². The van der Waals surface area contributed by atoms with Crippen molar-refractivity contribution in [3.05, 3.63) is 21.6 Å². The minimum absolute atomic E-state index is 0.0466. The summed E-state index contributed by atoms with van der Waals surface area (Å²) < 4.78 is 5.77. The molecule has 0 spiro atoms. The molecule has 4 heteroatoms. The molecule has 0 saturated carbocycles. The first kappa shape index (κ1) is 9.52. The fraction of sp³-hybridized carbons (Fsp3) is 0.700. The molecule has 0 aromatic carbocycles. The number of hydrogen-bond donors (Lipinski definition) is 2. The Bertz CT molecular complexity index is 378. The fourth-order valence-corrected chi connectivity index (χ4v) is 1.97. The number of fused-ring (bicyclic) bond motifs is 1. The van der Waals surface area contributed by atoms with E-state index in [1.807, 2.05) is 6.92 Å². The van der Waals surface area contributed by atoms with Crippen LogP contribution in [0, 0.1) is 5.92 Å². The standard InChI is InChI=1S/C10H16N2O2/c1-5(2)8-4-7-9(6(3)14-8)10(13)12-11-7/h5-6,8H,4H2,1-3H3,(H2,11,12,13)/t6-,8-/m0/s1. The van der Waals surface area contributed by atoms with Crippen molar-refractivity contribution in [3.8, 4) is 0 Å². The predicted octanol–water partition coefficient (Wildman–Crippen LogP) is 1.36. The van der Waals surface area contributed by atoms with Crippen molar-refractivity contribution < 1.29 is 4.74 Å². The molecule has 0 fully saturated rings. The Hall–Kier alpha value is -1.03. The molecule has 2 rings (SSSR count). The Balaban J connectivity index is 2.35. The number of H-pyrrole nitrogens is 2. The zero-order chi connectivity index (χ0) is 10.3. The van der Waals surface area contributed by atoms with Gasteiger partial charge in [0.15, 0.2) is 0 Å². The molecule has 0 saturated heterocycles. The molecule has 0 radical (unpaired) electrons. The van der Waals surface area contributed by atoms with Gasteiger partial charge in [0, 0.05) is 12.1 Å². The van der Waals surface area contributed by atoms with E-state index in [2.05, 4.69) is 24.0 Å². The lowest BCUT2D eigenvalue weighted by Crippen LogP contribution is -2.31. The molecule has 1 aromatic heterocycles. The number of nitrogens with one attached hydrogen (secondary N) is 2. The summed E-state index contributed by atoms with van der Waals surface area (Å²) in [7, 11) is 0. The summed E-state index contributed by atoms with van der Waals surface area (Å²) in [5, 5.41) is 5.53. The van der Waals surface area contributed by atoms with Crippen LogP contribution in [0.1, 0.15) is 38.1 Å². The minimum atomic E-state index is -0.0962. The monoisotopic (exact) mass is 196 g/mol. The molecule has 2 atom stereocenters. The van der Waals surface area contributed by atoms with E-state index >= 15 is 0 Å². The number of ether oxygens (including phenoxy) is 1. The smallest absolute Gasteiger partial charge is 0.269 e. The van der Waals surface area contributed by atoms with Crippen molar-refractivity contribution in [2.45, 2.75) is 39.4 Å². The molecular formula is C10H16N2O2. The lowest BCUT2D eigenvalue weighted by atomic mass is 9.95. The van der Waals surface area contributed by atoms with Crippen LogP contribution < -0.4 is 5.56 Å². The number of rotatable bonds is 1. The molecule has 78 valence electrons. The van der Waals surface area contributed by atoms with E-state index in [0.29, 0.717) is 5.92 Å². The van der Waals surface area contributed by atoms with E-state index in [1.165, 1.54) is 0 Å². The highest BCUT2D eigenvalue weighted by atomic mass is 16.5. The Morgan fingerprint density at radius 2 is 2.14 bits per heavy atom. The number of aromatic nitrogens is 2. The van der Waals surface area contributed by atoms with Gasteiger partial charge in [-0.15, -0.1) is 0 Å². The van der Waals surface area contributed by atoms with E-state index in [0.717, 1.165) is 17.7 Å². The first-order chi connectivity index (χ1) is 6.59. The van der Waals surface area contributed by atoms with Crippen molar-refractivity contribution in [1.82, 2.24) is 10.2 Å². The maximum Gasteiger partial charge on any atom is 0.269 e. The molecule has 2 N–H and O–H groups in total. The van der Waals surface area contributed by atoms with Crippen LogP contribution in [-0.4, -0.2) is 16.3 Å². The Morgan fingerprint density at radius 3 is 2.79 bits per heavy atom. The lowest BCUT2D eigenvalue weighted by Gasteiger charge is -2.29. The maximum atomic E-state index is 11.4. The average Bonchev–Trinajstić information content (AvgIpc) is 2.48. The normalized spacial score (nSPS) is 26.6. The molecule has 0 aliphatic carbocycles. The molecule has 0 unspecified atom stereocenters. The van der Waals surface area contributed by atoms with Gasteiger partial charge in [-0.3, -0.25) is 9.89 Å². The maximum absolute atomic E-state index is 11.4. The van der Waals surface area contributed by atoms with Gasteiger partial charge in [0.05, 0.1) is 17.8 Å². The average molecular weight is 196 g/mol. The largest absolute Gasteiger partial charge is 0.370 e. The van der Waals surface area contributed by atoms with Gasteiger partial charge in [0.25, 0.3) is 5.56 Å². The molecule has 0 bridgehead atoms. The summed E-state index contributed by atoms with van der Waals surface area (Å²) in [5.74, 6) is 0.476. The number of aromatic amines is 2. The van der Waals surface area contributed by atoms with E-state index in [1.54, 1.807) is 0 Å². The van der Waals surface area contributed by atoms with Gasteiger partial charge in [-0.25, -0.2) is 0 Å². The topological polar surface area (TPSA) is 57.9 Å². The Labute approximate surface area is 82.7 Å². The van der Waals surface area contributed by atoms with Gasteiger partial charge in [-0.2, -0.15) is 0 Å². The molecule has 0 amide bonds. The zero-order valence-electron chi connectivity index (χ0n) is 8.76. The minimum Gasteiger partial charge on any atom is -0.370 e. The first-order valence-electron chi connectivity index (χ1n) is 5.04. The third-order valence-corrected chi connectivity index (χ3v) is 2.83. The van der Waals surface area contributed by atoms with Crippen LogP contribution in [0.25, 0.3) is 0 Å². The highest BCUT2D eigenvalue weighted by Gasteiger charge is 2.29. The van der Waals surface area contributed by atoms with Gasteiger partial charge in [0.2, 0.25) is 0 Å². The summed E-state index contributed by atoms with van der Waals surface area (Å²) in [6.07, 6.45) is 0.917.